The number of anilines is 1. The van der Waals surface area contributed by atoms with Gasteiger partial charge in [0.05, 0.1) is 11.9 Å². The van der Waals surface area contributed by atoms with Gasteiger partial charge >= 0.3 is 0 Å². The molecule has 1 unspecified atom stereocenters. The fraction of sp³-hybridized carbons (Fsp3) is 0.636. The quantitative estimate of drug-likeness (QED) is 0.835. The molecule has 0 spiro atoms. The molecule has 1 atom stereocenters. The molecule has 0 fully saturated rings. The minimum Gasteiger partial charge on any atom is -0.396 e. The van der Waals surface area contributed by atoms with Crippen LogP contribution in [0.5, 0.6) is 0 Å². The van der Waals surface area contributed by atoms with Crippen LogP contribution in [0.4, 0.5) is 5.69 Å². The summed E-state index contributed by atoms with van der Waals surface area (Å²) in [5, 5.41) is 16.0. The lowest BCUT2D eigenvalue weighted by molar-refractivity contribution is 0.266. The Labute approximate surface area is 109 Å². The van der Waals surface area contributed by atoms with Crippen LogP contribution in [0, 0.1) is 5.92 Å². The van der Waals surface area contributed by atoms with Crippen molar-refractivity contribution in [2.45, 2.75) is 26.8 Å². The Kier molecular flexibility index (Phi) is 5.64. The Balaban J connectivity index is 2.73. The molecule has 0 aliphatic heterocycles. The van der Waals surface area contributed by atoms with Crippen LogP contribution < -0.4 is 10.9 Å². The summed E-state index contributed by atoms with van der Waals surface area (Å²) >= 11 is 3.28. The number of aliphatic hydroxyl groups excluding tert-OH is 1. The van der Waals surface area contributed by atoms with E-state index in [1.54, 1.807) is 6.20 Å². The van der Waals surface area contributed by atoms with E-state index >= 15 is 0 Å². The third-order valence-corrected chi connectivity index (χ3v) is 3.31. The molecule has 5 nitrogen and oxygen atoms in total. The van der Waals surface area contributed by atoms with Crippen molar-refractivity contribution in [1.29, 1.82) is 0 Å². The monoisotopic (exact) mass is 303 g/mol. The van der Waals surface area contributed by atoms with Crippen molar-refractivity contribution in [3.8, 4) is 0 Å². The van der Waals surface area contributed by atoms with Crippen LogP contribution >= 0.6 is 15.9 Å². The molecule has 17 heavy (non-hydrogen) atoms. The first-order chi connectivity index (χ1) is 8.10. The second-order valence-corrected chi connectivity index (χ2v) is 4.78. The average Bonchev–Trinajstić information content (AvgIpc) is 2.31. The average molecular weight is 304 g/mol. The van der Waals surface area contributed by atoms with Gasteiger partial charge in [0.25, 0.3) is 5.56 Å². The summed E-state index contributed by atoms with van der Waals surface area (Å²) in [4.78, 5) is 11.8. The Morgan fingerprint density at radius 1 is 1.65 bits per heavy atom. The third kappa shape index (κ3) is 3.81. The molecule has 6 heteroatoms. The number of hydrogen-bond donors (Lipinski definition) is 2. The highest BCUT2D eigenvalue weighted by Gasteiger charge is 2.08. The van der Waals surface area contributed by atoms with E-state index in [0.29, 0.717) is 29.2 Å². The molecule has 2 N–H and O–H groups in total. The zero-order valence-electron chi connectivity index (χ0n) is 10.1. The summed E-state index contributed by atoms with van der Waals surface area (Å²) in [5.41, 5.74) is 0.566. The topological polar surface area (TPSA) is 67.2 Å². The van der Waals surface area contributed by atoms with Gasteiger partial charge < -0.3 is 10.4 Å². The maximum Gasteiger partial charge on any atom is 0.283 e. The zero-order chi connectivity index (χ0) is 12.8. The van der Waals surface area contributed by atoms with Crippen molar-refractivity contribution in [3.63, 3.8) is 0 Å². The van der Waals surface area contributed by atoms with Crippen molar-refractivity contribution in [1.82, 2.24) is 9.78 Å². The van der Waals surface area contributed by atoms with Crippen LogP contribution in [-0.4, -0.2) is 28.0 Å². The highest BCUT2D eigenvalue weighted by Crippen LogP contribution is 2.16. The van der Waals surface area contributed by atoms with Gasteiger partial charge in [0.15, 0.2) is 0 Å². The lowest BCUT2D eigenvalue weighted by Crippen LogP contribution is -2.24. The van der Waals surface area contributed by atoms with Crippen molar-refractivity contribution >= 4 is 21.6 Å². The number of hydrogen-bond acceptors (Lipinski definition) is 4. The number of nitrogens with one attached hydrogen (secondary N) is 1. The maximum absolute atomic E-state index is 11.8. The van der Waals surface area contributed by atoms with Crippen molar-refractivity contribution in [2.75, 3.05) is 18.5 Å². The highest BCUT2D eigenvalue weighted by molar-refractivity contribution is 9.10. The van der Waals surface area contributed by atoms with Gasteiger partial charge in [-0.25, -0.2) is 4.68 Å². The molecule has 1 rings (SSSR count). The predicted octanol–water partition coefficient (Wildman–Crippen LogP) is 1.46. The fourth-order valence-corrected chi connectivity index (χ4v) is 1.87. The maximum atomic E-state index is 11.8. The van der Waals surface area contributed by atoms with Gasteiger partial charge in [-0.2, -0.15) is 5.10 Å². The molecule has 0 bridgehead atoms. The molecule has 0 aromatic carbocycles. The normalized spacial score (nSPS) is 12.5. The summed E-state index contributed by atoms with van der Waals surface area (Å²) < 4.78 is 1.90. The van der Waals surface area contributed by atoms with E-state index in [1.807, 2.05) is 13.8 Å². The van der Waals surface area contributed by atoms with Gasteiger partial charge in [0.1, 0.15) is 4.47 Å². The molecule has 96 valence electrons. The second kappa shape index (κ2) is 6.76. The minimum atomic E-state index is -0.132. The Morgan fingerprint density at radius 2 is 2.35 bits per heavy atom. The number of halogens is 1. The largest absolute Gasteiger partial charge is 0.396 e. The van der Waals surface area contributed by atoms with Crippen LogP contribution in [0.3, 0.4) is 0 Å². The lowest BCUT2D eigenvalue weighted by Gasteiger charge is -2.13. The van der Waals surface area contributed by atoms with Crippen molar-refractivity contribution in [2.24, 2.45) is 5.92 Å². The van der Waals surface area contributed by atoms with E-state index in [1.165, 1.54) is 4.68 Å². The smallest absolute Gasteiger partial charge is 0.283 e. The molecule has 1 heterocycles. The van der Waals surface area contributed by atoms with E-state index in [2.05, 4.69) is 26.3 Å². The second-order valence-electron chi connectivity index (χ2n) is 3.99. The molecule has 0 aliphatic carbocycles. The van der Waals surface area contributed by atoms with Gasteiger partial charge in [0.2, 0.25) is 0 Å². The summed E-state index contributed by atoms with van der Waals surface area (Å²) in [6, 6.07) is 0. The molecule has 0 radical (unpaired) electrons. The van der Waals surface area contributed by atoms with Gasteiger partial charge in [-0.1, -0.05) is 6.92 Å². The summed E-state index contributed by atoms with van der Waals surface area (Å²) in [6.45, 7) is 5.35. The van der Waals surface area contributed by atoms with Gasteiger partial charge in [-0.15, -0.1) is 0 Å². The molecule has 0 saturated heterocycles. The number of rotatable bonds is 6. The summed E-state index contributed by atoms with van der Waals surface area (Å²) in [5.74, 6) is 0.348. The Hall–Kier alpha value is -0.880. The van der Waals surface area contributed by atoms with Crippen LogP contribution in [0.1, 0.15) is 20.3 Å². The molecule has 0 saturated carbocycles. The van der Waals surface area contributed by atoms with E-state index in [-0.39, 0.29) is 12.2 Å². The van der Waals surface area contributed by atoms with Crippen LogP contribution in [-0.2, 0) is 6.54 Å². The van der Waals surface area contributed by atoms with Gasteiger partial charge in [-0.3, -0.25) is 4.79 Å². The third-order valence-electron chi connectivity index (χ3n) is 2.55. The molecular weight excluding hydrogens is 286 g/mol. The minimum absolute atomic E-state index is 0.132. The van der Waals surface area contributed by atoms with Crippen molar-refractivity contribution in [3.05, 3.63) is 21.0 Å². The van der Waals surface area contributed by atoms with Crippen LogP contribution in [0.2, 0.25) is 0 Å². The van der Waals surface area contributed by atoms with Gasteiger partial charge in [-0.05, 0) is 35.2 Å². The fourth-order valence-electron chi connectivity index (χ4n) is 1.42. The van der Waals surface area contributed by atoms with Crippen molar-refractivity contribution < 1.29 is 5.11 Å². The molecular formula is C11H18BrN3O2. The van der Waals surface area contributed by atoms with Crippen LogP contribution in [0.15, 0.2) is 15.5 Å². The zero-order valence-corrected chi connectivity index (χ0v) is 11.7. The Bertz CT molecular complexity index is 420. The first-order valence-electron chi connectivity index (χ1n) is 5.70. The van der Waals surface area contributed by atoms with Crippen LogP contribution in [0.25, 0.3) is 0 Å². The number of nitrogens with zero attached hydrogens (tertiary/aromatic N) is 2. The first kappa shape index (κ1) is 14.2. The highest BCUT2D eigenvalue weighted by atomic mass is 79.9. The first-order valence-corrected chi connectivity index (χ1v) is 6.49. The van der Waals surface area contributed by atoms with E-state index in [9.17, 15) is 4.79 Å². The van der Waals surface area contributed by atoms with E-state index in [0.717, 1.165) is 6.42 Å². The van der Waals surface area contributed by atoms with Gasteiger partial charge in [0, 0.05) is 19.7 Å². The number of aromatic nitrogens is 2. The standard InChI is InChI=1S/C11H18BrN3O2/c1-3-15-11(17)10(12)9(7-14-15)13-6-8(2)4-5-16/h7-8,13,16H,3-6H2,1-2H3. The van der Waals surface area contributed by atoms with E-state index in [4.69, 9.17) is 5.11 Å². The molecule has 1 aromatic heterocycles. The summed E-state index contributed by atoms with van der Waals surface area (Å²) in [7, 11) is 0. The Morgan fingerprint density at radius 3 is 2.94 bits per heavy atom. The number of aliphatic hydroxyl groups is 1. The summed E-state index contributed by atoms with van der Waals surface area (Å²) in [6.07, 6.45) is 2.38. The molecule has 0 aliphatic rings. The number of aryl methyl sites for hydroxylation is 1. The molecule has 0 amide bonds. The van der Waals surface area contributed by atoms with E-state index < -0.39 is 0 Å². The molecule has 1 aromatic rings. The predicted molar refractivity (Wildman–Crippen MR) is 71.2 cm³/mol. The lowest BCUT2D eigenvalue weighted by atomic mass is 10.1. The SMILES string of the molecule is CCn1ncc(NCC(C)CCO)c(Br)c1=O.